The molecule has 7 heteroatoms. The number of aromatic nitrogens is 2. The average molecular weight is 410 g/mol. The van der Waals surface area contributed by atoms with Gasteiger partial charge in [0.25, 0.3) is 5.91 Å². The van der Waals surface area contributed by atoms with Crippen molar-refractivity contribution in [2.24, 2.45) is 0 Å². The Kier molecular flexibility index (Phi) is 5.18. The van der Waals surface area contributed by atoms with Crippen LogP contribution in [-0.4, -0.2) is 21.9 Å². The molecule has 2 heterocycles. The number of benzene rings is 2. The van der Waals surface area contributed by atoms with Crippen LogP contribution in [0, 0.1) is 12.7 Å². The highest BCUT2D eigenvalue weighted by Gasteiger charge is 2.17. The van der Waals surface area contributed by atoms with Crippen molar-refractivity contribution in [1.82, 2.24) is 9.38 Å². The Balaban J connectivity index is 1.63. The summed E-state index contributed by atoms with van der Waals surface area (Å²) in [7, 11) is 0. The largest absolute Gasteiger partial charge is 0.484 e. The zero-order valence-corrected chi connectivity index (χ0v) is 16.3. The number of nitrogens with one attached hydrogen (secondary N) is 1. The Morgan fingerprint density at radius 1 is 1.17 bits per heavy atom. The molecule has 0 radical (unpaired) electrons. The van der Waals surface area contributed by atoms with E-state index in [-0.39, 0.29) is 18.3 Å². The van der Waals surface area contributed by atoms with Gasteiger partial charge in [0.05, 0.1) is 0 Å². The fraction of sp³-hybridized carbons (Fsp3) is 0.0909. The predicted octanol–water partition coefficient (Wildman–Crippen LogP) is 5.12. The van der Waals surface area contributed by atoms with Gasteiger partial charge in [0.1, 0.15) is 28.7 Å². The smallest absolute Gasteiger partial charge is 0.263 e. The molecule has 0 atom stereocenters. The van der Waals surface area contributed by atoms with Crippen molar-refractivity contribution < 1.29 is 13.9 Å². The van der Waals surface area contributed by atoms with E-state index in [1.165, 1.54) is 12.1 Å². The molecule has 0 spiro atoms. The van der Waals surface area contributed by atoms with Crippen LogP contribution in [0.1, 0.15) is 5.56 Å². The Morgan fingerprint density at radius 3 is 2.72 bits per heavy atom. The summed E-state index contributed by atoms with van der Waals surface area (Å²) in [6, 6.07) is 16.6. The summed E-state index contributed by atoms with van der Waals surface area (Å²) in [5, 5.41) is 3.43. The van der Waals surface area contributed by atoms with Crippen LogP contribution in [0.3, 0.4) is 0 Å². The number of halogens is 2. The number of nitrogens with zero attached hydrogens (tertiary/aromatic N) is 2. The highest BCUT2D eigenvalue weighted by Crippen LogP contribution is 2.29. The third kappa shape index (κ3) is 4.22. The SMILES string of the molecule is Cc1ccn2c(NC(=O)COc3ccc(Cl)cc3)c(-c3cccc(F)c3)nc2c1. The third-order valence-electron chi connectivity index (χ3n) is 4.32. The van der Waals surface area contributed by atoms with Gasteiger partial charge in [-0.05, 0) is 61.0 Å². The number of ether oxygens (including phenoxy) is 1. The fourth-order valence-corrected chi connectivity index (χ4v) is 3.08. The van der Waals surface area contributed by atoms with Crippen molar-refractivity contribution in [3.63, 3.8) is 0 Å². The van der Waals surface area contributed by atoms with Crippen molar-refractivity contribution in [3.05, 3.63) is 83.3 Å². The standard InChI is InChI=1S/C22H17ClFN3O2/c1-14-9-10-27-19(11-14)25-21(15-3-2-4-17(24)12-15)22(27)26-20(28)13-29-18-7-5-16(23)6-8-18/h2-12H,13H2,1H3,(H,26,28). The summed E-state index contributed by atoms with van der Waals surface area (Å²) < 4.78 is 21.0. The van der Waals surface area contributed by atoms with E-state index in [4.69, 9.17) is 16.3 Å². The Bertz CT molecular complexity index is 1190. The van der Waals surface area contributed by atoms with E-state index < -0.39 is 0 Å². The van der Waals surface area contributed by atoms with Crippen LogP contribution in [-0.2, 0) is 4.79 Å². The normalized spacial score (nSPS) is 10.9. The van der Waals surface area contributed by atoms with E-state index in [0.717, 1.165) is 5.56 Å². The number of anilines is 1. The topological polar surface area (TPSA) is 55.6 Å². The molecule has 0 fully saturated rings. The number of aryl methyl sites for hydroxylation is 1. The second-order valence-electron chi connectivity index (χ2n) is 6.54. The molecule has 0 aliphatic heterocycles. The molecule has 2 aromatic heterocycles. The summed E-state index contributed by atoms with van der Waals surface area (Å²) in [6.45, 7) is 1.76. The highest BCUT2D eigenvalue weighted by atomic mass is 35.5. The zero-order valence-electron chi connectivity index (χ0n) is 15.5. The third-order valence-corrected chi connectivity index (χ3v) is 4.57. The molecular weight excluding hydrogens is 393 g/mol. The van der Waals surface area contributed by atoms with Gasteiger partial charge in [-0.25, -0.2) is 9.37 Å². The van der Waals surface area contributed by atoms with Crippen molar-refractivity contribution in [1.29, 1.82) is 0 Å². The van der Waals surface area contributed by atoms with Gasteiger partial charge in [-0.1, -0.05) is 23.7 Å². The van der Waals surface area contributed by atoms with Gasteiger partial charge in [-0.3, -0.25) is 9.20 Å². The van der Waals surface area contributed by atoms with Gasteiger partial charge in [0.2, 0.25) is 0 Å². The lowest BCUT2D eigenvalue weighted by Gasteiger charge is -2.09. The van der Waals surface area contributed by atoms with Crippen LogP contribution in [0.2, 0.25) is 5.02 Å². The number of rotatable bonds is 5. The second-order valence-corrected chi connectivity index (χ2v) is 6.98. The van der Waals surface area contributed by atoms with Crippen LogP contribution in [0.5, 0.6) is 5.75 Å². The van der Waals surface area contributed by atoms with Crippen LogP contribution >= 0.6 is 11.6 Å². The first-order chi connectivity index (χ1) is 14.0. The van der Waals surface area contributed by atoms with E-state index in [1.54, 1.807) is 40.8 Å². The van der Waals surface area contributed by atoms with Crippen LogP contribution in [0.4, 0.5) is 10.2 Å². The van der Waals surface area contributed by atoms with E-state index in [1.807, 2.05) is 25.3 Å². The summed E-state index contributed by atoms with van der Waals surface area (Å²) in [6.07, 6.45) is 1.82. The quantitative estimate of drug-likeness (QED) is 0.497. The maximum atomic E-state index is 13.8. The van der Waals surface area contributed by atoms with Crippen molar-refractivity contribution in [3.8, 4) is 17.0 Å². The summed E-state index contributed by atoms with van der Waals surface area (Å²) in [5.74, 6) is 0.248. The van der Waals surface area contributed by atoms with Crippen molar-refractivity contribution >= 4 is 29.0 Å². The van der Waals surface area contributed by atoms with Crippen LogP contribution < -0.4 is 10.1 Å². The average Bonchev–Trinajstić information content (AvgIpc) is 3.05. The molecule has 2 aromatic carbocycles. The van der Waals surface area contributed by atoms with E-state index in [9.17, 15) is 9.18 Å². The minimum Gasteiger partial charge on any atom is -0.484 e. The number of hydrogen-bond acceptors (Lipinski definition) is 3. The lowest BCUT2D eigenvalue weighted by molar-refractivity contribution is -0.118. The molecule has 0 unspecified atom stereocenters. The van der Waals surface area contributed by atoms with Gasteiger partial charge in [0, 0.05) is 16.8 Å². The molecule has 0 saturated carbocycles. The zero-order chi connectivity index (χ0) is 20.4. The molecule has 146 valence electrons. The number of fused-ring (bicyclic) bond motifs is 1. The molecule has 0 aliphatic carbocycles. The first kappa shape index (κ1) is 19.0. The number of pyridine rings is 1. The molecule has 0 saturated heterocycles. The summed E-state index contributed by atoms with van der Waals surface area (Å²) >= 11 is 5.85. The molecule has 1 amide bonds. The number of amides is 1. The number of carbonyl (C=O) groups excluding carboxylic acids is 1. The van der Waals surface area contributed by atoms with Gasteiger partial charge < -0.3 is 10.1 Å². The van der Waals surface area contributed by atoms with Gasteiger partial charge in [0.15, 0.2) is 6.61 Å². The predicted molar refractivity (Wildman–Crippen MR) is 111 cm³/mol. The first-order valence-electron chi connectivity index (χ1n) is 8.92. The van der Waals surface area contributed by atoms with Crippen molar-refractivity contribution in [2.45, 2.75) is 6.92 Å². The fourth-order valence-electron chi connectivity index (χ4n) is 2.95. The number of hydrogen-bond donors (Lipinski definition) is 1. The molecule has 4 aromatic rings. The highest BCUT2D eigenvalue weighted by molar-refractivity contribution is 6.30. The lowest BCUT2D eigenvalue weighted by Crippen LogP contribution is -2.21. The molecule has 0 aliphatic rings. The molecular formula is C22H17ClFN3O2. The molecule has 0 bridgehead atoms. The Hall–Kier alpha value is -3.38. The lowest BCUT2D eigenvalue weighted by atomic mass is 10.1. The van der Waals surface area contributed by atoms with Gasteiger partial charge >= 0.3 is 0 Å². The van der Waals surface area contributed by atoms with E-state index >= 15 is 0 Å². The summed E-state index contributed by atoms with van der Waals surface area (Å²) in [4.78, 5) is 17.1. The number of imidazole rings is 1. The summed E-state index contributed by atoms with van der Waals surface area (Å²) in [5.41, 5.74) is 2.73. The van der Waals surface area contributed by atoms with Gasteiger partial charge in [-0.2, -0.15) is 0 Å². The van der Waals surface area contributed by atoms with Crippen LogP contribution in [0.25, 0.3) is 16.9 Å². The second kappa shape index (κ2) is 7.93. The first-order valence-corrected chi connectivity index (χ1v) is 9.30. The van der Waals surface area contributed by atoms with Crippen LogP contribution in [0.15, 0.2) is 66.9 Å². The van der Waals surface area contributed by atoms with Gasteiger partial charge in [-0.15, -0.1) is 0 Å². The minimum absolute atomic E-state index is 0.191. The molecule has 4 rings (SSSR count). The van der Waals surface area contributed by atoms with Crippen molar-refractivity contribution in [2.75, 3.05) is 11.9 Å². The molecule has 5 nitrogen and oxygen atoms in total. The van der Waals surface area contributed by atoms with E-state index in [2.05, 4.69) is 10.3 Å². The Morgan fingerprint density at radius 2 is 1.97 bits per heavy atom. The Labute approximate surface area is 171 Å². The maximum absolute atomic E-state index is 13.8. The molecule has 1 N–H and O–H groups in total. The molecule has 29 heavy (non-hydrogen) atoms. The van der Waals surface area contributed by atoms with E-state index in [0.29, 0.717) is 33.5 Å². The monoisotopic (exact) mass is 409 g/mol. The maximum Gasteiger partial charge on any atom is 0.263 e. The number of carbonyl (C=O) groups is 1. The minimum atomic E-state index is -0.376.